The number of nitrogens with one attached hydrogen (secondary N) is 1. The Balaban J connectivity index is 2.24. The number of aliphatic hydroxyl groups excluding tert-OH is 1. The molecule has 1 aliphatic rings. The molecule has 0 saturated heterocycles. The molecule has 1 aromatic rings. The highest BCUT2D eigenvalue weighted by atomic mass is 79.9. The molecule has 2 N–H and O–H groups in total. The van der Waals surface area contributed by atoms with Gasteiger partial charge in [-0.1, -0.05) is 15.9 Å². The minimum Gasteiger partial charge on any atom is -0.393 e. The molecule has 76 valence electrons. The molecule has 2 unspecified atom stereocenters. The first kappa shape index (κ1) is 9.99. The van der Waals surface area contributed by atoms with Gasteiger partial charge >= 0.3 is 0 Å². The van der Waals surface area contributed by atoms with Crippen LogP contribution >= 0.6 is 15.9 Å². The van der Waals surface area contributed by atoms with Crippen molar-refractivity contribution in [2.75, 3.05) is 11.9 Å². The van der Waals surface area contributed by atoms with E-state index < -0.39 is 0 Å². The van der Waals surface area contributed by atoms with E-state index in [1.165, 1.54) is 11.3 Å². The molecule has 0 aromatic heterocycles. The van der Waals surface area contributed by atoms with Crippen molar-refractivity contribution in [3.05, 3.63) is 28.2 Å². The van der Waals surface area contributed by atoms with Crippen molar-refractivity contribution in [3.8, 4) is 0 Å². The summed E-state index contributed by atoms with van der Waals surface area (Å²) >= 11 is 3.47. The third-order valence-electron chi connectivity index (χ3n) is 2.62. The quantitative estimate of drug-likeness (QED) is 0.852. The zero-order valence-electron chi connectivity index (χ0n) is 8.13. The first-order chi connectivity index (χ1) is 6.66. The number of fused-ring (bicyclic) bond motifs is 1. The normalized spacial score (nSPS) is 21.5. The Morgan fingerprint density at radius 3 is 3.14 bits per heavy atom. The van der Waals surface area contributed by atoms with E-state index in [-0.39, 0.29) is 6.10 Å². The molecule has 0 spiro atoms. The van der Waals surface area contributed by atoms with Crippen molar-refractivity contribution in [1.82, 2.24) is 0 Å². The summed E-state index contributed by atoms with van der Waals surface area (Å²) in [7, 11) is 0. The topological polar surface area (TPSA) is 32.3 Å². The van der Waals surface area contributed by atoms with Gasteiger partial charge in [-0.3, -0.25) is 0 Å². The third kappa shape index (κ3) is 1.93. The highest BCUT2D eigenvalue weighted by Gasteiger charge is 2.23. The van der Waals surface area contributed by atoms with Gasteiger partial charge < -0.3 is 10.4 Å². The molecule has 0 bridgehead atoms. The van der Waals surface area contributed by atoms with Crippen LogP contribution in [0.3, 0.4) is 0 Å². The standard InChI is InChI=1S/C11H14BrNO/c1-7(14)4-8-6-13-11-3-2-9(12)5-10(8)11/h2-3,5,7-8,13-14H,4,6H2,1H3. The van der Waals surface area contributed by atoms with Crippen molar-refractivity contribution in [1.29, 1.82) is 0 Å². The maximum Gasteiger partial charge on any atom is 0.0518 e. The number of rotatable bonds is 2. The van der Waals surface area contributed by atoms with Crippen molar-refractivity contribution in [2.45, 2.75) is 25.4 Å². The van der Waals surface area contributed by atoms with Crippen LogP contribution in [0.4, 0.5) is 5.69 Å². The van der Waals surface area contributed by atoms with Gasteiger partial charge in [0, 0.05) is 22.6 Å². The summed E-state index contributed by atoms with van der Waals surface area (Å²) in [6.07, 6.45) is 0.600. The zero-order chi connectivity index (χ0) is 10.1. The lowest BCUT2D eigenvalue weighted by atomic mass is 9.96. The summed E-state index contributed by atoms with van der Waals surface area (Å²) in [4.78, 5) is 0. The lowest BCUT2D eigenvalue weighted by Crippen LogP contribution is -2.10. The molecule has 2 atom stereocenters. The monoisotopic (exact) mass is 255 g/mol. The van der Waals surface area contributed by atoms with Crippen molar-refractivity contribution in [3.63, 3.8) is 0 Å². The Morgan fingerprint density at radius 2 is 2.43 bits per heavy atom. The first-order valence-corrected chi connectivity index (χ1v) is 5.67. The molecule has 1 aliphatic heterocycles. The SMILES string of the molecule is CC(O)CC1CNc2ccc(Br)cc21. The molecule has 1 heterocycles. The number of hydrogen-bond donors (Lipinski definition) is 2. The van der Waals surface area contributed by atoms with Crippen molar-refractivity contribution in [2.24, 2.45) is 0 Å². The predicted octanol–water partition coefficient (Wildman–Crippen LogP) is 2.73. The van der Waals surface area contributed by atoms with Gasteiger partial charge in [0.1, 0.15) is 0 Å². The molecule has 0 aliphatic carbocycles. The molecule has 2 rings (SSSR count). The van der Waals surface area contributed by atoms with E-state index in [4.69, 9.17) is 0 Å². The van der Waals surface area contributed by atoms with E-state index in [2.05, 4.69) is 33.4 Å². The number of halogens is 1. The van der Waals surface area contributed by atoms with Crippen LogP contribution in [0, 0.1) is 0 Å². The minimum atomic E-state index is -0.230. The summed E-state index contributed by atoms with van der Waals surface area (Å²) < 4.78 is 1.11. The van der Waals surface area contributed by atoms with Gasteiger partial charge in [-0.15, -0.1) is 0 Å². The lowest BCUT2D eigenvalue weighted by Gasteiger charge is -2.12. The summed E-state index contributed by atoms with van der Waals surface area (Å²) in [6.45, 7) is 2.78. The smallest absolute Gasteiger partial charge is 0.0518 e. The maximum absolute atomic E-state index is 9.37. The molecular formula is C11H14BrNO. The van der Waals surface area contributed by atoms with Gasteiger partial charge in [-0.25, -0.2) is 0 Å². The summed E-state index contributed by atoms with van der Waals surface area (Å²) in [6, 6.07) is 6.26. The van der Waals surface area contributed by atoms with Gasteiger partial charge in [-0.05, 0) is 37.1 Å². The van der Waals surface area contributed by atoms with Gasteiger partial charge in [0.15, 0.2) is 0 Å². The van der Waals surface area contributed by atoms with Crippen molar-refractivity contribution >= 4 is 21.6 Å². The van der Waals surface area contributed by atoms with E-state index in [1.54, 1.807) is 0 Å². The van der Waals surface area contributed by atoms with E-state index in [0.29, 0.717) is 5.92 Å². The van der Waals surface area contributed by atoms with Crippen LogP contribution in [0.25, 0.3) is 0 Å². The highest BCUT2D eigenvalue weighted by Crippen LogP contribution is 2.35. The van der Waals surface area contributed by atoms with Crippen LogP contribution in [0.5, 0.6) is 0 Å². The number of aliphatic hydroxyl groups is 1. The lowest BCUT2D eigenvalue weighted by molar-refractivity contribution is 0.176. The maximum atomic E-state index is 9.37. The Labute approximate surface area is 92.5 Å². The summed E-state index contributed by atoms with van der Waals surface area (Å²) in [5, 5.41) is 12.7. The fourth-order valence-corrected chi connectivity index (χ4v) is 2.38. The molecule has 1 aromatic carbocycles. The van der Waals surface area contributed by atoms with Gasteiger partial charge in [0.2, 0.25) is 0 Å². The van der Waals surface area contributed by atoms with Crippen LogP contribution < -0.4 is 5.32 Å². The van der Waals surface area contributed by atoms with Gasteiger partial charge in [-0.2, -0.15) is 0 Å². The molecule has 0 radical (unpaired) electrons. The van der Waals surface area contributed by atoms with Crippen LogP contribution in [0.15, 0.2) is 22.7 Å². The Bertz CT molecular complexity index is 338. The van der Waals surface area contributed by atoms with E-state index in [9.17, 15) is 5.11 Å². The Kier molecular flexibility index (Phi) is 2.79. The second-order valence-electron chi connectivity index (χ2n) is 3.89. The Morgan fingerprint density at radius 1 is 1.64 bits per heavy atom. The number of benzene rings is 1. The molecule has 3 heteroatoms. The largest absolute Gasteiger partial charge is 0.393 e. The van der Waals surface area contributed by atoms with E-state index in [0.717, 1.165) is 17.4 Å². The molecule has 2 nitrogen and oxygen atoms in total. The summed E-state index contributed by atoms with van der Waals surface area (Å²) in [5.41, 5.74) is 2.53. The van der Waals surface area contributed by atoms with E-state index in [1.807, 2.05) is 13.0 Å². The van der Waals surface area contributed by atoms with Crippen LogP contribution in [-0.2, 0) is 0 Å². The van der Waals surface area contributed by atoms with Crippen LogP contribution in [0.2, 0.25) is 0 Å². The van der Waals surface area contributed by atoms with E-state index >= 15 is 0 Å². The molecule has 0 amide bonds. The molecular weight excluding hydrogens is 242 g/mol. The van der Waals surface area contributed by atoms with Gasteiger partial charge in [0.25, 0.3) is 0 Å². The molecule has 14 heavy (non-hydrogen) atoms. The third-order valence-corrected chi connectivity index (χ3v) is 3.11. The molecule has 0 saturated carbocycles. The average Bonchev–Trinajstić information content (AvgIpc) is 2.47. The fraction of sp³-hybridized carbons (Fsp3) is 0.455. The van der Waals surface area contributed by atoms with Crippen LogP contribution in [-0.4, -0.2) is 17.8 Å². The summed E-state index contributed by atoms with van der Waals surface area (Å²) in [5.74, 6) is 0.447. The van der Waals surface area contributed by atoms with Crippen molar-refractivity contribution < 1.29 is 5.11 Å². The average molecular weight is 256 g/mol. The van der Waals surface area contributed by atoms with Gasteiger partial charge in [0.05, 0.1) is 6.10 Å². The fourth-order valence-electron chi connectivity index (χ4n) is 2.00. The Hall–Kier alpha value is -0.540. The zero-order valence-corrected chi connectivity index (χ0v) is 9.71. The second kappa shape index (κ2) is 3.91. The number of hydrogen-bond acceptors (Lipinski definition) is 2. The minimum absolute atomic E-state index is 0.230. The predicted molar refractivity (Wildman–Crippen MR) is 61.7 cm³/mol. The second-order valence-corrected chi connectivity index (χ2v) is 4.81. The molecule has 0 fully saturated rings. The first-order valence-electron chi connectivity index (χ1n) is 4.88. The highest BCUT2D eigenvalue weighted by molar-refractivity contribution is 9.10. The van der Waals surface area contributed by atoms with Crippen LogP contribution in [0.1, 0.15) is 24.8 Å². The number of anilines is 1.